The van der Waals surface area contributed by atoms with E-state index in [2.05, 4.69) is 13.8 Å². The highest BCUT2D eigenvalue weighted by molar-refractivity contribution is 7.89. The maximum Gasteiger partial charge on any atom is 0.243 e. The van der Waals surface area contributed by atoms with Crippen LogP contribution in [0.4, 0.5) is 0 Å². The topological polar surface area (TPSA) is 63.4 Å². The van der Waals surface area contributed by atoms with E-state index >= 15 is 0 Å². The standard InChI is InChI=1S/C15H22N2O2S2/c1-11(2)14-4-3-9-17(14)21(18,19)13-7-5-12(6-8-13)10-15(16)20/h5-8,11,14H,3-4,9-10H2,1-2H3,(H2,16,20). The summed E-state index contributed by atoms with van der Waals surface area (Å²) in [4.78, 5) is 0.756. The molecule has 1 aromatic carbocycles. The zero-order valence-electron chi connectivity index (χ0n) is 12.5. The Morgan fingerprint density at radius 2 is 2.00 bits per heavy atom. The molecule has 1 atom stereocenters. The molecule has 0 aromatic heterocycles. The fourth-order valence-electron chi connectivity index (χ4n) is 2.85. The van der Waals surface area contributed by atoms with Crippen molar-refractivity contribution < 1.29 is 8.42 Å². The van der Waals surface area contributed by atoms with E-state index in [9.17, 15) is 8.42 Å². The SMILES string of the molecule is CC(C)C1CCCN1S(=O)(=O)c1ccc(CC(N)=S)cc1. The zero-order valence-corrected chi connectivity index (χ0v) is 14.1. The molecule has 6 heteroatoms. The van der Waals surface area contributed by atoms with Crippen molar-refractivity contribution in [3.63, 3.8) is 0 Å². The maximum atomic E-state index is 12.8. The van der Waals surface area contributed by atoms with Crippen molar-refractivity contribution >= 4 is 27.2 Å². The Morgan fingerprint density at radius 1 is 1.38 bits per heavy atom. The van der Waals surface area contributed by atoms with Crippen LogP contribution in [0.5, 0.6) is 0 Å². The van der Waals surface area contributed by atoms with E-state index in [4.69, 9.17) is 18.0 Å². The molecule has 1 aromatic rings. The highest BCUT2D eigenvalue weighted by Crippen LogP contribution is 2.30. The average Bonchev–Trinajstić information content (AvgIpc) is 2.88. The second-order valence-corrected chi connectivity index (χ2v) is 8.27. The van der Waals surface area contributed by atoms with Gasteiger partial charge in [-0.05, 0) is 36.5 Å². The van der Waals surface area contributed by atoms with Crippen LogP contribution >= 0.6 is 12.2 Å². The molecule has 0 bridgehead atoms. The predicted molar refractivity (Wildman–Crippen MR) is 88.7 cm³/mol. The number of hydrogen-bond donors (Lipinski definition) is 1. The third-order valence-electron chi connectivity index (χ3n) is 3.93. The number of hydrogen-bond acceptors (Lipinski definition) is 3. The number of nitrogens with two attached hydrogens (primary N) is 1. The van der Waals surface area contributed by atoms with Gasteiger partial charge in [-0.25, -0.2) is 8.42 Å². The van der Waals surface area contributed by atoms with Gasteiger partial charge in [0, 0.05) is 19.0 Å². The molecular formula is C15H22N2O2S2. The van der Waals surface area contributed by atoms with Crippen molar-refractivity contribution in [1.29, 1.82) is 0 Å². The van der Waals surface area contributed by atoms with Gasteiger partial charge in [0.25, 0.3) is 0 Å². The van der Waals surface area contributed by atoms with Crippen LogP contribution in [0.1, 0.15) is 32.3 Å². The van der Waals surface area contributed by atoms with Crippen LogP contribution in [0.15, 0.2) is 29.2 Å². The fourth-order valence-corrected chi connectivity index (χ4v) is 4.84. The third-order valence-corrected chi connectivity index (χ3v) is 6.01. The average molecular weight is 326 g/mol. The Hall–Kier alpha value is -0.980. The molecular weight excluding hydrogens is 304 g/mol. The van der Waals surface area contributed by atoms with E-state index in [0.29, 0.717) is 28.8 Å². The maximum absolute atomic E-state index is 12.8. The van der Waals surface area contributed by atoms with Gasteiger partial charge in [-0.1, -0.05) is 38.2 Å². The van der Waals surface area contributed by atoms with Crippen molar-refractivity contribution in [3.05, 3.63) is 29.8 Å². The monoisotopic (exact) mass is 326 g/mol. The van der Waals surface area contributed by atoms with Gasteiger partial charge in [0.15, 0.2) is 0 Å². The molecule has 1 aliphatic heterocycles. The lowest BCUT2D eigenvalue weighted by atomic mass is 10.0. The molecule has 0 aliphatic carbocycles. The second-order valence-electron chi connectivity index (χ2n) is 5.86. The summed E-state index contributed by atoms with van der Waals surface area (Å²) in [5, 5.41) is 0. The van der Waals surface area contributed by atoms with Crippen LogP contribution in [-0.2, 0) is 16.4 Å². The highest BCUT2D eigenvalue weighted by Gasteiger charge is 2.36. The summed E-state index contributed by atoms with van der Waals surface area (Å²) in [6.07, 6.45) is 2.37. The Kier molecular flexibility index (Phi) is 5.01. The van der Waals surface area contributed by atoms with Crippen molar-refractivity contribution in [2.24, 2.45) is 11.7 Å². The summed E-state index contributed by atoms with van der Waals surface area (Å²) in [6, 6.07) is 6.97. The summed E-state index contributed by atoms with van der Waals surface area (Å²) in [7, 11) is -3.41. The quantitative estimate of drug-likeness (QED) is 0.844. The molecule has 1 heterocycles. The normalized spacial score (nSPS) is 20.0. The summed E-state index contributed by atoms with van der Waals surface area (Å²) >= 11 is 4.87. The van der Waals surface area contributed by atoms with Gasteiger partial charge in [-0.3, -0.25) is 0 Å². The van der Waals surface area contributed by atoms with Gasteiger partial charge in [0.05, 0.1) is 9.88 Å². The van der Waals surface area contributed by atoms with Gasteiger partial charge >= 0.3 is 0 Å². The molecule has 21 heavy (non-hydrogen) atoms. The smallest absolute Gasteiger partial charge is 0.243 e. The van der Waals surface area contributed by atoms with E-state index in [0.717, 1.165) is 18.4 Å². The lowest BCUT2D eigenvalue weighted by Gasteiger charge is -2.27. The lowest BCUT2D eigenvalue weighted by molar-refractivity contribution is 0.316. The van der Waals surface area contributed by atoms with Crippen LogP contribution in [0.25, 0.3) is 0 Å². The van der Waals surface area contributed by atoms with E-state index in [-0.39, 0.29) is 6.04 Å². The number of benzene rings is 1. The first-order valence-corrected chi connectivity index (χ1v) is 9.06. The molecule has 1 fully saturated rings. The minimum absolute atomic E-state index is 0.103. The largest absolute Gasteiger partial charge is 0.393 e. The Balaban J connectivity index is 2.25. The van der Waals surface area contributed by atoms with Crippen LogP contribution in [-0.4, -0.2) is 30.3 Å². The molecule has 0 radical (unpaired) electrons. The lowest BCUT2D eigenvalue weighted by Crippen LogP contribution is -2.38. The van der Waals surface area contributed by atoms with E-state index < -0.39 is 10.0 Å². The van der Waals surface area contributed by atoms with E-state index in [1.807, 2.05) is 0 Å². The fraction of sp³-hybridized carbons (Fsp3) is 0.533. The Bertz CT molecular complexity index is 609. The predicted octanol–water partition coefficient (Wildman–Crippen LogP) is 2.32. The first-order valence-electron chi connectivity index (χ1n) is 7.21. The van der Waals surface area contributed by atoms with E-state index in [1.165, 1.54) is 0 Å². The molecule has 1 saturated heterocycles. The molecule has 2 N–H and O–H groups in total. The molecule has 0 saturated carbocycles. The zero-order chi connectivity index (χ0) is 15.6. The molecule has 0 spiro atoms. The molecule has 1 unspecified atom stereocenters. The molecule has 1 aliphatic rings. The van der Waals surface area contributed by atoms with Crippen LogP contribution < -0.4 is 5.73 Å². The van der Waals surface area contributed by atoms with Crippen molar-refractivity contribution in [1.82, 2.24) is 4.31 Å². The third kappa shape index (κ3) is 3.62. The van der Waals surface area contributed by atoms with Gasteiger partial charge < -0.3 is 5.73 Å². The van der Waals surface area contributed by atoms with E-state index in [1.54, 1.807) is 28.6 Å². The van der Waals surface area contributed by atoms with Crippen LogP contribution in [0.3, 0.4) is 0 Å². The van der Waals surface area contributed by atoms with Crippen LogP contribution in [0.2, 0.25) is 0 Å². The van der Waals surface area contributed by atoms with Gasteiger partial charge in [0.2, 0.25) is 10.0 Å². The number of rotatable bonds is 5. The minimum atomic E-state index is -3.41. The van der Waals surface area contributed by atoms with Gasteiger partial charge in [-0.2, -0.15) is 4.31 Å². The molecule has 0 amide bonds. The number of thiocarbonyl (C=S) groups is 1. The summed E-state index contributed by atoms with van der Waals surface area (Å²) in [5.41, 5.74) is 6.44. The Morgan fingerprint density at radius 3 is 2.52 bits per heavy atom. The first kappa shape index (κ1) is 16.4. The van der Waals surface area contributed by atoms with Gasteiger partial charge in [-0.15, -0.1) is 0 Å². The number of sulfonamides is 1. The highest BCUT2D eigenvalue weighted by atomic mass is 32.2. The van der Waals surface area contributed by atoms with Crippen molar-refractivity contribution in [2.75, 3.05) is 6.54 Å². The molecule has 4 nitrogen and oxygen atoms in total. The minimum Gasteiger partial charge on any atom is -0.393 e. The van der Waals surface area contributed by atoms with Crippen LogP contribution in [0, 0.1) is 5.92 Å². The summed E-state index contributed by atoms with van der Waals surface area (Å²) in [6.45, 7) is 4.76. The van der Waals surface area contributed by atoms with Gasteiger partial charge in [0.1, 0.15) is 0 Å². The Labute approximate surface area is 132 Å². The second kappa shape index (κ2) is 6.42. The summed E-state index contributed by atoms with van der Waals surface area (Å²) in [5.74, 6) is 0.330. The van der Waals surface area contributed by atoms with Crippen molar-refractivity contribution in [2.45, 2.75) is 44.0 Å². The first-order chi connectivity index (χ1) is 9.82. The summed E-state index contributed by atoms with van der Waals surface area (Å²) < 4.78 is 27.2. The molecule has 116 valence electrons. The van der Waals surface area contributed by atoms with Crippen molar-refractivity contribution in [3.8, 4) is 0 Å². The molecule has 2 rings (SSSR count). The number of nitrogens with zero attached hydrogens (tertiary/aromatic N) is 1.